The third-order valence-corrected chi connectivity index (χ3v) is 6.40. The van der Waals surface area contributed by atoms with Gasteiger partial charge in [0, 0.05) is 30.3 Å². The number of piperidine rings is 1. The van der Waals surface area contributed by atoms with Crippen LogP contribution in [0.5, 0.6) is 0 Å². The van der Waals surface area contributed by atoms with Crippen LogP contribution in [0.1, 0.15) is 38.2 Å². The maximum Gasteiger partial charge on any atom is 0.277 e. The molecule has 0 bridgehead atoms. The van der Waals surface area contributed by atoms with E-state index in [1.54, 1.807) is 18.2 Å². The quantitative estimate of drug-likeness (QED) is 0.688. The summed E-state index contributed by atoms with van der Waals surface area (Å²) < 4.78 is 5.66. The molecule has 4 rings (SSSR count). The highest BCUT2D eigenvalue weighted by Gasteiger charge is 2.43. The van der Waals surface area contributed by atoms with Crippen LogP contribution in [0.2, 0.25) is 10.0 Å². The number of halogens is 2. The molecular formula is C21H24Cl2N2O3. The van der Waals surface area contributed by atoms with Crippen molar-refractivity contribution in [2.45, 2.75) is 38.7 Å². The molecule has 5 nitrogen and oxygen atoms in total. The van der Waals surface area contributed by atoms with E-state index >= 15 is 0 Å². The molecule has 0 aromatic heterocycles. The van der Waals surface area contributed by atoms with Crippen LogP contribution in [0.4, 0.5) is 0 Å². The first-order valence-corrected chi connectivity index (χ1v) is 10.6. The van der Waals surface area contributed by atoms with Crippen molar-refractivity contribution < 1.29 is 14.3 Å². The summed E-state index contributed by atoms with van der Waals surface area (Å²) in [6.45, 7) is 4.71. The van der Waals surface area contributed by atoms with Gasteiger partial charge in [0.2, 0.25) is 0 Å². The fourth-order valence-electron chi connectivity index (χ4n) is 4.18. The van der Waals surface area contributed by atoms with E-state index in [1.165, 1.54) is 4.90 Å². The Morgan fingerprint density at radius 2 is 1.86 bits per heavy atom. The third kappa shape index (κ3) is 3.68. The minimum Gasteiger partial charge on any atom is -0.376 e. The number of benzene rings is 1. The van der Waals surface area contributed by atoms with Gasteiger partial charge in [-0.25, -0.2) is 0 Å². The van der Waals surface area contributed by atoms with Gasteiger partial charge >= 0.3 is 0 Å². The lowest BCUT2D eigenvalue weighted by atomic mass is 9.97. The summed E-state index contributed by atoms with van der Waals surface area (Å²) in [5.41, 5.74) is 1.42. The van der Waals surface area contributed by atoms with Gasteiger partial charge < -0.3 is 9.64 Å². The maximum atomic E-state index is 13.3. The largest absolute Gasteiger partial charge is 0.376 e. The molecule has 2 fully saturated rings. The predicted octanol–water partition coefficient (Wildman–Crippen LogP) is 3.98. The fraction of sp³-hybridized carbons (Fsp3) is 0.524. The second-order valence-electron chi connectivity index (χ2n) is 7.87. The molecule has 1 unspecified atom stereocenters. The molecule has 28 heavy (non-hydrogen) atoms. The zero-order chi connectivity index (χ0) is 19.8. The topological polar surface area (TPSA) is 49.9 Å². The molecule has 0 N–H and O–H groups in total. The average molecular weight is 423 g/mol. The number of imide groups is 1. The number of amides is 2. The van der Waals surface area contributed by atoms with Gasteiger partial charge in [0.15, 0.2) is 0 Å². The molecule has 0 radical (unpaired) electrons. The number of hydrogen-bond donors (Lipinski definition) is 0. The molecule has 1 aromatic carbocycles. The zero-order valence-corrected chi connectivity index (χ0v) is 17.4. The Balaban J connectivity index is 1.73. The molecule has 0 spiro atoms. The van der Waals surface area contributed by atoms with Crippen LogP contribution in [-0.4, -0.2) is 54.0 Å². The van der Waals surface area contributed by atoms with Crippen molar-refractivity contribution in [3.63, 3.8) is 0 Å². The second kappa shape index (κ2) is 8.05. The van der Waals surface area contributed by atoms with Crippen molar-refractivity contribution in [1.82, 2.24) is 9.80 Å². The molecule has 2 amide bonds. The van der Waals surface area contributed by atoms with Crippen molar-refractivity contribution in [2.24, 2.45) is 5.92 Å². The van der Waals surface area contributed by atoms with Crippen LogP contribution in [0.3, 0.4) is 0 Å². The fourth-order valence-corrected chi connectivity index (χ4v) is 4.68. The Hall–Kier alpha value is -1.56. The normalized spacial score (nSPS) is 24.0. The van der Waals surface area contributed by atoms with Crippen molar-refractivity contribution >= 4 is 40.6 Å². The van der Waals surface area contributed by atoms with Crippen LogP contribution in [-0.2, 0) is 14.3 Å². The molecular weight excluding hydrogens is 399 g/mol. The molecule has 150 valence electrons. The van der Waals surface area contributed by atoms with Gasteiger partial charge in [0.25, 0.3) is 11.8 Å². The number of carbonyl (C=O) groups excluding carboxylic acids is 2. The van der Waals surface area contributed by atoms with Crippen LogP contribution in [0.25, 0.3) is 5.57 Å². The van der Waals surface area contributed by atoms with E-state index in [4.69, 9.17) is 27.9 Å². The summed E-state index contributed by atoms with van der Waals surface area (Å²) in [6.07, 6.45) is 3.73. The Bertz CT molecular complexity index is 825. The Morgan fingerprint density at radius 1 is 1.11 bits per heavy atom. The van der Waals surface area contributed by atoms with Crippen LogP contribution < -0.4 is 0 Å². The van der Waals surface area contributed by atoms with Crippen molar-refractivity contribution in [3.8, 4) is 0 Å². The number of hydrogen-bond acceptors (Lipinski definition) is 4. The average Bonchev–Trinajstić information content (AvgIpc) is 3.25. The lowest BCUT2D eigenvalue weighted by Gasteiger charge is -2.33. The highest BCUT2D eigenvalue weighted by molar-refractivity contribution is 6.41. The number of likely N-dealkylation sites (tertiary alicyclic amines) is 1. The monoisotopic (exact) mass is 422 g/mol. The van der Waals surface area contributed by atoms with E-state index in [9.17, 15) is 9.59 Å². The predicted molar refractivity (Wildman–Crippen MR) is 109 cm³/mol. The van der Waals surface area contributed by atoms with Gasteiger partial charge in [-0.15, -0.1) is 0 Å². The van der Waals surface area contributed by atoms with Crippen LogP contribution in [0, 0.1) is 5.92 Å². The highest BCUT2D eigenvalue weighted by atomic mass is 35.5. The number of rotatable bonds is 4. The Kier molecular flexibility index (Phi) is 5.68. The third-order valence-electron chi connectivity index (χ3n) is 5.85. The summed E-state index contributed by atoms with van der Waals surface area (Å²) in [5, 5.41) is 0.876. The van der Waals surface area contributed by atoms with E-state index in [2.05, 4.69) is 11.8 Å². The minimum absolute atomic E-state index is 0.0874. The molecule has 0 saturated carbocycles. The first kappa shape index (κ1) is 19.7. The smallest absolute Gasteiger partial charge is 0.277 e. The van der Waals surface area contributed by atoms with E-state index in [1.807, 2.05) is 0 Å². The Labute approximate surface area is 175 Å². The number of carbonyl (C=O) groups is 2. The molecule has 3 aliphatic rings. The number of nitrogens with zero attached hydrogens (tertiary/aromatic N) is 2. The lowest BCUT2D eigenvalue weighted by molar-refractivity contribution is -0.139. The Morgan fingerprint density at radius 3 is 2.50 bits per heavy atom. The van der Waals surface area contributed by atoms with Crippen LogP contribution in [0.15, 0.2) is 23.9 Å². The molecule has 0 aliphatic carbocycles. The van der Waals surface area contributed by atoms with Gasteiger partial charge in [-0.3, -0.25) is 14.5 Å². The maximum absolute atomic E-state index is 13.3. The van der Waals surface area contributed by atoms with E-state index < -0.39 is 0 Å². The number of ether oxygens (including phenoxy) is 1. The first-order chi connectivity index (χ1) is 13.5. The first-order valence-electron chi connectivity index (χ1n) is 9.88. The van der Waals surface area contributed by atoms with Gasteiger partial charge in [-0.1, -0.05) is 36.2 Å². The molecule has 1 atom stereocenters. The molecule has 3 heterocycles. The molecule has 2 saturated heterocycles. The lowest BCUT2D eigenvalue weighted by Crippen LogP contribution is -2.41. The van der Waals surface area contributed by atoms with Crippen molar-refractivity contribution in [3.05, 3.63) is 39.5 Å². The van der Waals surface area contributed by atoms with Crippen LogP contribution >= 0.6 is 23.2 Å². The summed E-state index contributed by atoms with van der Waals surface area (Å²) in [4.78, 5) is 30.0. The summed E-state index contributed by atoms with van der Waals surface area (Å²) in [5.74, 6) is 0.0871. The molecule has 1 aromatic rings. The summed E-state index contributed by atoms with van der Waals surface area (Å²) >= 11 is 12.5. The van der Waals surface area contributed by atoms with Gasteiger partial charge in [0.1, 0.15) is 5.70 Å². The van der Waals surface area contributed by atoms with E-state index in [0.717, 1.165) is 38.8 Å². The van der Waals surface area contributed by atoms with Crippen molar-refractivity contribution in [2.75, 3.05) is 26.2 Å². The van der Waals surface area contributed by atoms with E-state index in [-0.39, 0.29) is 17.9 Å². The van der Waals surface area contributed by atoms with Gasteiger partial charge in [-0.2, -0.15) is 0 Å². The van der Waals surface area contributed by atoms with Gasteiger partial charge in [0.05, 0.1) is 23.2 Å². The van der Waals surface area contributed by atoms with Gasteiger partial charge in [-0.05, 0) is 43.7 Å². The van der Waals surface area contributed by atoms with Crippen molar-refractivity contribution in [1.29, 1.82) is 0 Å². The zero-order valence-electron chi connectivity index (χ0n) is 15.9. The summed E-state index contributed by atoms with van der Waals surface area (Å²) in [7, 11) is 0. The highest BCUT2D eigenvalue weighted by Crippen LogP contribution is 2.37. The summed E-state index contributed by atoms with van der Waals surface area (Å²) in [6, 6.07) is 5.04. The minimum atomic E-state index is -0.293. The second-order valence-corrected chi connectivity index (χ2v) is 8.72. The SMILES string of the molecule is CC1CCN(C2=C(c3ccc(Cl)cc3Cl)C(=O)N(CC3CCCO3)C2=O)CC1. The molecule has 7 heteroatoms. The standard InChI is InChI=1S/C21H24Cl2N2O3/c1-13-6-8-24(9-7-13)19-18(16-5-4-14(22)11-17(16)23)20(26)25(21(19)27)12-15-3-2-10-28-15/h4-5,11,13,15H,2-3,6-10,12H2,1H3. The van der Waals surface area contributed by atoms with E-state index in [0.29, 0.717) is 45.9 Å². The molecule has 3 aliphatic heterocycles.